The number of aryl methyl sites for hydroxylation is 1. The summed E-state index contributed by atoms with van der Waals surface area (Å²) >= 11 is 1.87. The Morgan fingerprint density at radius 2 is 2.26 bits per heavy atom. The van der Waals surface area contributed by atoms with E-state index < -0.39 is 0 Å². The van der Waals surface area contributed by atoms with Crippen LogP contribution in [0.5, 0.6) is 0 Å². The highest BCUT2D eigenvalue weighted by Crippen LogP contribution is 2.24. The lowest BCUT2D eigenvalue weighted by molar-refractivity contribution is 0.687. The van der Waals surface area contributed by atoms with Gasteiger partial charge in [0.25, 0.3) is 0 Å². The van der Waals surface area contributed by atoms with Crippen LogP contribution in [0.15, 0.2) is 41.6 Å². The summed E-state index contributed by atoms with van der Waals surface area (Å²) in [5, 5.41) is 7.75. The third-order valence-electron chi connectivity index (χ3n) is 3.23. The van der Waals surface area contributed by atoms with Gasteiger partial charge in [-0.3, -0.25) is 4.68 Å². The first kappa shape index (κ1) is 12.8. The van der Waals surface area contributed by atoms with E-state index in [9.17, 15) is 0 Å². The van der Waals surface area contributed by atoms with Crippen molar-refractivity contribution in [3.63, 3.8) is 0 Å². The molecule has 1 aromatic carbocycles. The predicted molar refractivity (Wildman–Crippen MR) is 79.1 cm³/mol. The van der Waals surface area contributed by atoms with Gasteiger partial charge < -0.3 is 5.32 Å². The van der Waals surface area contributed by atoms with Crippen molar-refractivity contribution in [3.05, 3.63) is 47.8 Å². The molecule has 0 bridgehead atoms. The van der Waals surface area contributed by atoms with E-state index in [1.807, 2.05) is 29.7 Å². The van der Waals surface area contributed by atoms with Crippen LogP contribution >= 0.6 is 11.8 Å². The van der Waals surface area contributed by atoms with Crippen LogP contribution in [0.4, 0.5) is 0 Å². The number of hydrogen-bond acceptors (Lipinski definition) is 3. The molecular weight excluding hydrogens is 254 g/mol. The summed E-state index contributed by atoms with van der Waals surface area (Å²) in [5.41, 5.74) is 2.65. The largest absolute Gasteiger partial charge is 0.310 e. The van der Waals surface area contributed by atoms with Crippen LogP contribution in [0.25, 0.3) is 0 Å². The quantitative estimate of drug-likeness (QED) is 0.821. The molecule has 1 fully saturated rings. The molecule has 0 spiro atoms. The maximum Gasteiger partial charge on any atom is 0.0530 e. The predicted octanol–water partition coefficient (Wildman–Crippen LogP) is 2.96. The lowest BCUT2D eigenvalue weighted by Gasteiger charge is -2.05. The van der Waals surface area contributed by atoms with Gasteiger partial charge in [-0.1, -0.05) is 12.1 Å². The smallest absolute Gasteiger partial charge is 0.0530 e. The molecule has 4 heteroatoms. The van der Waals surface area contributed by atoms with Gasteiger partial charge in [-0.15, -0.1) is 11.8 Å². The number of thioether (sulfide) groups is 1. The van der Waals surface area contributed by atoms with Crippen molar-refractivity contribution in [2.24, 2.45) is 7.05 Å². The van der Waals surface area contributed by atoms with E-state index in [1.54, 1.807) is 0 Å². The van der Waals surface area contributed by atoms with Gasteiger partial charge in [-0.2, -0.15) is 5.10 Å². The molecule has 0 unspecified atom stereocenters. The van der Waals surface area contributed by atoms with Crippen molar-refractivity contribution < 1.29 is 0 Å². The Balaban J connectivity index is 1.55. The summed E-state index contributed by atoms with van der Waals surface area (Å²) in [4.78, 5) is 1.33. The minimum absolute atomic E-state index is 0.770. The van der Waals surface area contributed by atoms with Gasteiger partial charge in [-0.25, -0.2) is 0 Å². The summed E-state index contributed by atoms with van der Waals surface area (Å²) in [6, 6.07) is 9.59. The third-order valence-corrected chi connectivity index (χ3v) is 4.30. The molecule has 3 nitrogen and oxygen atoms in total. The Labute approximate surface area is 118 Å². The van der Waals surface area contributed by atoms with Crippen LogP contribution in [-0.4, -0.2) is 15.8 Å². The van der Waals surface area contributed by atoms with Gasteiger partial charge >= 0.3 is 0 Å². The van der Waals surface area contributed by atoms with Crippen LogP contribution in [0.1, 0.15) is 24.0 Å². The average Bonchev–Trinajstić information content (AvgIpc) is 3.16. The van der Waals surface area contributed by atoms with E-state index in [4.69, 9.17) is 0 Å². The van der Waals surface area contributed by atoms with E-state index in [2.05, 4.69) is 40.9 Å². The number of hydrogen-bond donors (Lipinski definition) is 1. The van der Waals surface area contributed by atoms with Crippen LogP contribution in [0.3, 0.4) is 0 Å². The molecule has 3 rings (SSSR count). The van der Waals surface area contributed by atoms with Gasteiger partial charge in [0.05, 0.1) is 6.20 Å². The molecule has 1 aliphatic carbocycles. The van der Waals surface area contributed by atoms with Crippen molar-refractivity contribution in [2.45, 2.75) is 36.1 Å². The van der Waals surface area contributed by atoms with Gasteiger partial charge in [0, 0.05) is 42.0 Å². The van der Waals surface area contributed by atoms with Crippen molar-refractivity contribution in [3.8, 4) is 0 Å². The van der Waals surface area contributed by atoms with Gasteiger partial charge in [0.2, 0.25) is 0 Å². The van der Waals surface area contributed by atoms with Crippen LogP contribution in [0, 0.1) is 0 Å². The molecule has 1 aliphatic rings. The molecule has 1 aromatic heterocycles. The topological polar surface area (TPSA) is 29.9 Å². The molecule has 1 N–H and O–H groups in total. The van der Waals surface area contributed by atoms with E-state index >= 15 is 0 Å². The van der Waals surface area contributed by atoms with Gasteiger partial charge in [0.15, 0.2) is 0 Å². The molecule has 1 saturated carbocycles. The molecule has 0 saturated heterocycles. The summed E-state index contributed by atoms with van der Waals surface area (Å²) in [6.45, 7) is 0.992. The first-order valence-electron chi connectivity index (χ1n) is 6.72. The number of aromatic nitrogens is 2. The second-order valence-corrected chi connectivity index (χ2v) is 6.16. The van der Waals surface area contributed by atoms with E-state index in [0.717, 1.165) is 18.3 Å². The Hall–Kier alpha value is -1.26. The Kier molecular flexibility index (Phi) is 3.89. The molecule has 0 aliphatic heterocycles. The highest BCUT2D eigenvalue weighted by atomic mass is 32.2. The van der Waals surface area contributed by atoms with Crippen molar-refractivity contribution in [2.75, 3.05) is 0 Å². The monoisotopic (exact) mass is 273 g/mol. The minimum Gasteiger partial charge on any atom is -0.310 e. The highest BCUT2D eigenvalue weighted by Gasteiger charge is 2.19. The summed E-state index contributed by atoms with van der Waals surface area (Å²) < 4.78 is 1.85. The first-order chi connectivity index (χ1) is 9.29. The van der Waals surface area contributed by atoms with Crippen LogP contribution in [-0.2, 0) is 19.3 Å². The normalized spacial score (nSPS) is 14.8. The number of nitrogens with one attached hydrogen (secondary N) is 1. The molecule has 1 heterocycles. The zero-order valence-corrected chi connectivity index (χ0v) is 12.0. The fraction of sp³-hybridized carbons (Fsp3) is 0.400. The summed E-state index contributed by atoms with van der Waals surface area (Å²) in [5.74, 6) is 0.980. The zero-order valence-electron chi connectivity index (χ0n) is 11.2. The lowest BCUT2D eigenvalue weighted by Crippen LogP contribution is -2.15. The Bertz CT molecular complexity index is 546. The van der Waals surface area contributed by atoms with Crippen molar-refractivity contribution in [1.82, 2.24) is 15.1 Å². The third kappa shape index (κ3) is 3.85. The maximum absolute atomic E-state index is 4.20. The minimum atomic E-state index is 0.770. The van der Waals surface area contributed by atoms with Crippen molar-refractivity contribution >= 4 is 11.8 Å². The van der Waals surface area contributed by atoms with Gasteiger partial charge in [-0.05, 0) is 30.5 Å². The SMILES string of the molecule is Cn1cc(CSc2cccc(CNC3CC3)c2)cn1. The second-order valence-electron chi connectivity index (χ2n) is 5.11. The fourth-order valence-electron chi connectivity index (χ4n) is 2.01. The molecule has 0 radical (unpaired) electrons. The standard InChI is InChI=1S/C15H19N3S/c1-18-10-13(9-17-18)11-19-15-4-2-3-12(7-15)8-16-14-5-6-14/h2-4,7,9-10,14,16H,5-6,8,11H2,1H3. The summed E-state index contributed by atoms with van der Waals surface area (Å²) in [7, 11) is 1.96. The highest BCUT2D eigenvalue weighted by molar-refractivity contribution is 7.98. The second kappa shape index (κ2) is 5.80. The molecule has 19 heavy (non-hydrogen) atoms. The molecule has 0 atom stereocenters. The fourth-order valence-corrected chi connectivity index (χ4v) is 2.90. The maximum atomic E-state index is 4.20. The van der Waals surface area contributed by atoms with E-state index in [-0.39, 0.29) is 0 Å². The first-order valence-corrected chi connectivity index (χ1v) is 7.71. The number of benzene rings is 1. The van der Waals surface area contributed by atoms with Crippen LogP contribution < -0.4 is 5.32 Å². The Morgan fingerprint density at radius 3 is 3.00 bits per heavy atom. The Morgan fingerprint density at radius 1 is 1.37 bits per heavy atom. The van der Waals surface area contributed by atoms with Crippen LogP contribution in [0.2, 0.25) is 0 Å². The summed E-state index contributed by atoms with van der Waals surface area (Å²) in [6.07, 6.45) is 6.70. The van der Waals surface area contributed by atoms with Gasteiger partial charge in [0.1, 0.15) is 0 Å². The lowest BCUT2D eigenvalue weighted by atomic mass is 10.2. The average molecular weight is 273 g/mol. The van der Waals surface area contributed by atoms with E-state index in [0.29, 0.717) is 0 Å². The molecular formula is C15H19N3S. The number of nitrogens with zero attached hydrogens (tertiary/aromatic N) is 2. The number of rotatable bonds is 6. The molecule has 100 valence electrons. The van der Waals surface area contributed by atoms with E-state index in [1.165, 1.54) is 28.9 Å². The zero-order chi connectivity index (χ0) is 13.1. The molecule has 0 amide bonds. The van der Waals surface area contributed by atoms with Crippen molar-refractivity contribution in [1.29, 1.82) is 0 Å². The molecule has 2 aromatic rings.